The molecule has 0 fully saturated rings. The van der Waals surface area contributed by atoms with E-state index >= 15 is 0 Å². The summed E-state index contributed by atoms with van der Waals surface area (Å²) in [5.74, 6) is -0.134. The average molecular weight is 250 g/mol. The van der Waals surface area contributed by atoms with Crippen LogP contribution in [0.2, 0.25) is 0 Å². The molecular formula is C12H15FN4O. The summed E-state index contributed by atoms with van der Waals surface area (Å²) in [6.45, 7) is 0.840. The third-order valence-corrected chi connectivity index (χ3v) is 2.58. The lowest BCUT2D eigenvalue weighted by Crippen LogP contribution is -2.04. The predicted octanol–water partition coefficient (Wildman–Crippen LogP) is 0.975. The van der Waals surface area contributed by atoms with E-state index in [9.17, 15) is 4.39 Å². The maximum absolute atomic E-state index is 13.9. The number of rotatable bonds is 5. The van der Waals surface area contributed by atoms with Crippen molar-refractivity contribution in [3.05, 3.63) is 41.5 Å². The van der Waals surface area contributed by atoms with Crippen molar-refractivity contribution in [1.82, 2.24) is 15.0 Å². The largest absolute Gasteiger partial charge is 0.494 e. The van der Waals surface area contributed by atoms with E-state index in [1.807, 2.05) is 0 Å². The number of ether oxygens (including phenoxy) is 1. The monoisotopic (exact) mass is 250 g/mol. The Morgan fingerprint density at radius 1 is 1.44 bits per heavy atom. The number of nitrogens with two attached hydrogens (primary N) is 1. The second kappa shape index (κ2) is 5.59. The fourth-order valence-corrected chi connectivity index (χ4v) is 1.69. The molecule has 1 aromatic carbocycles. The summed E-state index contributed by atoms with van der Waals surface area (Å²) in [5, 5.41) is 7.88. The van der Waals surface area contributed by atoms with Gasteiger partial charge in [-0.2, -0.15) is 0 Å². The van der Waals surface area contributed by atoms with Crippen LogP contribution in [0.25, 0.3) is 0 Å². The molecule has 0 radical (unpaired) electrons. The number of halogens is 1. The van der Waals surface area contributed by atoms with Gasteiger partial charge in [0, 0.05) is 18.2 Å². The number of methoxy groups -OCH3 is 1. The van der Waals surface area contributed by atoms with Crippen LogP contribution in [0, 0.1) is 5.82 Å². The van der Waals surface area contributed by atoms with Crippen LogP contribution in [0.4, 0.5) is 4.39 Å². The van der Waals surface area contributed by atoms with Gasteiger partial charge >= 0.3 is 0 Å². The minimum absolute atomic E-state index is 0.231. The van der Waals surface area contributed by atoms with Crippen molar-refractivity contribution in [2.24, 2.45) is 5.73 Å². The van der Waals surface area contributed by atoms with E-state index < -0.39 is 0 Å². The van der Waals surface area contributed by atoms with E-state index in [0.717, 1.165) is 5.69 Å². The quantitative estimate of drug-likeness (QED) is 0.859. The summed E-state index contributed by atoms with van der Waals surface area (Å²) in [5.41, 5.74) is 6.75. The molecule has 2 aromatic rings. The second-order valence-electron chi connectivity index (χ2n) is 3.88. The lowest BCUT2D eigenvalue weighted by atomic mass is 10.2. The van der Waals surface area contributed by atoms with Gasteiger partial charge in [-0.05, 0) is 12.6 Å². The Balaban J connectivity index is 2.17. The van der Waals surface area contributed by atoms with E-state index in [0.29, 0.717) is 25.1 Å². The van der Waals surface area contributed by atoms with Crippen molar-refractivity contribution in [3.8, 4) is 5.75 Å². The molecule has 0 aliphatic rings. The molecular weight excluding hydrogens is 235 g/mol. The van der Waals surface area contributed by atoms with Crippen molar-refractivity contribution < 1.29 is 9.13 Å². The van der Waals surface area contributed by atoms with Crippen LogP contribution in [-0.4, -0.2) is 28.6 Å². The third-order valence-electron chi connectivity index (χ3n) is 2.58. The van der Waals surface area contributed by atoms with E-state index in [1.165, 1.54) is 7.11 Å². The van der Waals surface area contributed by atoms with Gasteiger partial charge in [-0.15, -0.1) is 5.10 Å². The van der Waals surface area contributed by atoms with Crippen LogP contribution >= 0.6 is 0 Å². The first kappa shape index (κ1) is 12.5. The lowest BCUT2D eigenvalue weighted by molar-refractivity contribution is 0.383. The molecule has 1 aromatic heterocycles. The minimum Gasteiger partial charge on any atom is -0.494 e. The standard InChI is InChI=1S/C12H15FN4O/c1-18-11-4-2-3-9(12(11)13)7-17-8-10(5-6-14)15-16-17/h2-4,8H,5-7,14H2,1H3. The predicted molar refractivity (Wildman–Crippen MR) is 64.8 cm³/mol. The summed E-state index contributed by atoms with van der Waals surface area (Å²) in [7, 11) is 1.44. The Morgan fingerprint density at radius 2 is 2.28 bits per heavy atom. The number of benzene rings is 1. The zero-order valence-electron chi connectivity index (χ0n) is 10.1. The Labute approximate surface area is 104 Å². The second-order valence-corrected chi connectivity index (χ2v) is 3.88. The van der Waals surface area contributed by atoms with Gasteiger partial charge in [-0.1, -0.05) is 17.3 Å². The van der Waals surface area contributed by atoms with Gasteiger partial charge in [0.1, 0.15) is 0 Å². The molecule has 0 atom stereocenters. The molecule has 0 bridgehead atoms. The van der Waals surface area contributed by atoms with Crippen LogP contribution in [0.5, 0.6) is 5.75 Å². The smallest absolute Gasteiger partial charge is 0.170 e. The molecule has 2 N–H and O–H groups in total. The molecule has 6 heteroatoms. The topological polar surface area (TPSA) is 66.0 Å². The summed E-state index contributed by atoms with van der Waals surface area (Å²) in [6.07, 6.45) is 2.44. The Bertz CT molecular complexity index is 527. The minimum atomic E-state index is -0.365. The Hall–Kier alpha value is -1.95. The Morgan fingerprint density at radius 3 is 3.00 bits per heavy atom. The number of aromatic nitrogens is 3. The molecule has 1 heterocycles. The zero-order chi connectivity index (χ0) is 13.0. The molecule has 0 spiro atoms. The van der Waals surface area contributed by atoms with Crippen molar-refractivity contribution >= 4 is 0 Å². The van der Waals surface area contributed by atoms with Crippen molar-refractivity contribution in [2.45, 2.75) is 13.0 Å². The van der Waals surface area contributed by atoms with Crippen LogP contribution < -0.4 is 10.5 Å². The van der Waals surface area contributed by atoms with Gasteiger partial charge in [0.25, 0.3) is 0 Å². The zero-order valence-corrected chi connectivity index (χ0v) is 10.1. The van der Waals surface area contributed by atoms with E-state index in [1.54, 1.807) is 29.1 Å². The highest BCUT2D eigenvalue weighted by Crippen LogP contribution is 2.20. The number of nitrogens with zero attached hydrogens (tertiary/aromatic N) is 3. The third kappa shape index (κ3) is 2.65. The van der Waals surface area contributed by atoms with Crippen molar-refractivity contribution in [3.63, 3.8) is 0 Å². The van der Waals surface area contributed by atoms with Gasteiger partial charge in [0.2, 0.25) is 0 Å². The molecule has 0 saturated carbocycles. The van der Waals surface area contributed by atoms with Gasteiger partial charge in [-0.25, -0.2) is 9.07 Å². The summed E-state index contributed by atoms with van der Waals surface area (Å²) in [6, 6.07) is 5.02. The normalized spacial score (nSPS) is 10.6. The lowest BCUT2D eigenvalue weighted by Gasteiger charge is -2.06. The maximum atomic E-state index is 13.9. The van der Waals surface area contributed by atoms with Gasteiger partial charge < -0.3 is 10.5 Å². The van der Waals surface area contributed by atoms with E-state index in [4.69, 9.17) is 10.5 Å². The average Bonchev–Trinajstić information content (AvgIpc) is 2.80. The molecule has 2 rings (SSSR count). The van der Waals surface area contributed by atoms with Crippen LogP contribution in [0.1, 0.15) is 11.3 Å². The molecule has 0 aliphatic carbocycles. The first-order chi connectivity index (χ1) is 8.74. The molecule has 96 valence electrons. The number of hydrogen-bond acceptors (Lipinski definition) is 4. The SMILES string of the molecule is COc1cccc(Cn2cc(CCN)nn2)c1F. The van der Waals surface area contributed by atoms with Crippen LogP contribution in [-0.2, 0) is 13.0 Å². The molecule has 0 unspecified atom stereocenters. The van der Waals surface area contributed by atoms with Gasteiger partial charge in [-0.3, -0.25) is 0 Å². The van der Waals surface area contributed by atoms with E-state index in [2.05, 4.69) is 10.3 Å². The fourth-order valence-electron chi connectivity index (χ4n) is 1.69. The first-order valence-corrected chi connectivity index (χ1v) is 5.65. The van der Waals surface area contributed by atoms with Crippen LogP contribution in [0.15, 0.2) is 24.4 Å². The molecule has 5 nitrogen and oxygen atoms in total. The fraction of sp³-hybridized carbons (Fsp3) is 0.333. The van der Waals surface area contributed by atoms with Crippen molar-refractivity contribution in [2.75, 3.05) is 13.7 Å². The summed E-state index contributed by atoms with van der Waals surface area (Å²) < 4.78 is 20.4. The van der Waals surface area contributed by atoms with E-state index in [-0.39, 0.29) is 11.6 Å². The van der Waals surface area contributed by atoms with Crippen LogP contribution in [0.3, 0.4) is 0 Å². The highest BCUT2D eigenvalue weighted by Gasteiger charge is 2.09. The first-order valence-electron chi connectivity index (χ1n) is 5.65. The highest BCUT2D eigenvalue weighted by molar-refractivity contribution is 5.31. The summed E-state index contributed by atoms with van der Waals surface area (Å²) >= 11 is 0. The molecule has 18 heavy (non-hydrogen) atoms. The molecule has 0 saturated heterocycles. The Kier molecular flexibility index (Phi) is 3.88. The van der Waals surface area contributed by atoms with Crippen molar-refractivity contribution in [1.29, 1.82) is 0 Å². The molecule has 0 amide bonds. The molecule has 0 aliphatic heterocycles. The summed E-state index contributed by atoms with van der Waals surface area (Å²) in [4.78, 5) is 0. The highest BCUT2D eigenvalue weighted by atomic mass is 19.1. The number of hydrogen-bond donors (Lipinski definition) is 1. The van der Waals surface area contributed by atoms with Gasteiger partial charge in [0.15, 0.2) is 11.6 Å². The maximum Gasteiger partial charge on any atom is 0.170 e. The van der Waals surface area contributed by atoms with Gasteiger partial charge in [0.05, 0.1) is 19.3 Å².